The summed E-state index contributed by atoms with van der Waals surface area (Å²) in [5.41, 5.74) is 2.79. The van der Waals surface area contributed by atoms with Crippen LogP contribution in [0.3, 0.4) is 0 Å². The van der Waals surface area contributed by atoms with Crippen LogP contribution in [0.5, 0.6) is 0 Å². The average molecular weight is 308 g/mol. The van der Waals surface area contributed by atoms with Gasteiger partial charge in [0, 0.05) is 6.04 Å². The summed E-state index contributed by atoms with van der Waals surface area (Å²) in [5.74, 6) is 0.528. The molecule has 2 heterocycles. The first-order chi connectivity index (χ1) is 11.2. The van der Waals surface area contributed by atoms with E-state index in [1.165, 1.54) is 0 Å². The third kappa shape index (κ3) is 2.75. The number of hydrogen-bond donors (Lipinski definition) is 1. The largest absolute Gasteiger partial charge is 0.472 e. The van der Waals surface area contributed by atoms with Crippen LogP contribution in [0.2, 0.25) is 0 Å². The number of furan rings is 1. The summed E-state index contributed by atoms with van der Waals surface area (Å²) in [6, 6.07) is 9.98. The van der Waals surface area contributed by atoms with Crippen molar-refractivity contribution >= 4 is 5.91 Å². The van der Waals surface area contributed by atoms with Gasteiger partial charge in [-0.2, -0.15) is 0 Å². The summed E-state index contributed by atoms with van der Waals surface area (Å²) in [5, 5.41) is 7.31. The number of hydrogen-bond acceptors (Lipinski definition) is 4. The van der Waals surface area contributed by atoms with Crippen LogP contribution in [0.15, 0.2) is 47.3 Å². The highest BCUT2D eigenvalue weighted by Gasteiger charge is 2.26. The molecule has 1 fully saturated rings. The van der Waals surface area contributed by atoms with E-state index in [1.807, 2.05) is 31.2 Å². The SMILES string of the molecule is Cc1ccc(-n2nc(C(=O)NC3CC3)nc2-c2ccoc2)cc1. The lowest BCUT2D eigenvalue weighted by molar-refractivity contribution is 0.0941. The molecule has 116 valence electrons. The predicted molar refractivity (Wildman–Crippen MR) is 84.3 cm³/mol. The minimum absolute atomic E-state index is 0.175. The topological polar surface area (TPSA) is 73.0 Å². The first-order valence-electron chi connectivity index (χ1n) is 7.58. The summed E-state index contributed by atoms with van der Waals surface area (Å²) in [6.07, 6.45) is 5.22. The van der Waals surface area contributed by atoms with E-state index in [0.29, 0.717) is 5.82 Å². The highest BCUT2D eigenvalue weighted by atomic mass is 16.3. The fourth-order valence-electron chi connectivity index (χ4n) is 2.33. The van der Waals surface area contributed by atoms with Gasteiger partial charge in [-0.25, -0.2) is 9.67 Å². The van der Waals surface area contributed by atoms with Gasteiger partial charge in [0.25, 0.3) is 5.91 Å². The first kappa shape index (κ1) is 13.8. The van der Waals surface area contributed by atoms with Gasteiger partial charge in [-0.05, 0) is 38.0 Å². The number of benzene rings is 1. The molecule has 0 radical (unpaired) electrons. The molecule has 4 rings (SSSR count). The molecule has 3 aromatic rings. The summed E-state index contributed by atoms with van der Waals surface area (Å²) in [4.78, 5) is 16.7. The molecule has 1 aliphatic carbocycles. The zero-order valence-corrected chi connectivity index (χ0v) is 12.7. The van der Waals surface area contributed by atoms with Crippen LogP contribution in [0.1, 0.15) is 29.0 Å². The van der Waals surface area contributed by atoms with Crippen molar-refractivity contribution < 1.29 is 9.21 Å². The van der Waals surface area contributed by atoms with Gasteiger partial charge in [0.05, 0.1) is 17.5 Å². The summed E-state index contributed by atoms with van der Waals surface area (Å²) >= 11 is 0. The van der Waals surface area contributed by atoms with Gasteiger partial charge in [0.15, 0.2) is 5.82 Å². The number of nitrogens with one attached hydrogen (secondary N) is 1. The third-order valence-corrected chi connectivity index (χ3v) is 3.78. The highest BCUT2D eigenvalue weighted by Crippen LogP contribution is 2.23. The molecule has 1 aromatic carbocycles. The molecule has 2 aromatic heterocycles. The predicted octanol–water partition coefficient (Wildman–Crippen LogP) is 2.73. The van der Waals surface area contributed by atoms with Crippen LogP contribution in [-0.4, -0.2) is 26.7 Å². The highest BCUT2D eigenvalue weighted by molar-refractivity contribution is 5.91. The Morgan fingerprint density at radius 2 is 2.04 bits per heavy atom. The maximum atomic E-state index is 12.2. The molecule has 1 amide bonds. The number of amides is 1. The van der Waals surface area contributed by atoms with Crippen LogP contribution >= 0.6 is 0 Å². The van der Waals surface area contributed by atoms with Crippen molar-refractivity contribution in [1.82, 2.24) is 20.1 Å². The Balaban J connectivity index is 1.77. The molecule has 0 bridgehead atoms. The van der Waals surface area contributed by atoms with Gasteiger partial charge in [-0.1, -0.05) is 17.7 Å². The van der Waals surface area contributed by atoms with E-state index < -0.39 is 0 Å². The summed E-state index contributed by atoms with van der Waals surface area (Å²) in [6.45, 7) is 2.02. The van der Waals surface area contributed by atoms with Gasteiger partial charge in [-0.15, -0.1) is 5.10 Å². The molecule has 0 saturated heterocycles. The monoisotopic (exact) mass is 308 g/mol. The van der Waals surface area contributed by atoms with E-state index in [9.17, 15) is 4.79 Å². The molecule has 23 heavy (non-hydrogen) atoms. The fourth-order valence-corrected chi connectivity index (χ4v) is 2.33. The van der Waals surface area contributed by atoms with E-state index >= 15 is 0 Å². The number of aromatic nitrogens is 3. The van der Waals surface area contributed by atoms with E-state index in [4.69, 9.17) is 4.42 Å². The molecule has 0 unspecified atom stereocenters. The van der Waals surface area contributed by atoms with Gasteiger partial charge in [0.2, 0.25) is 5.82 Å². The maximum Gasteiger partial charge on any atom is 0.291 e. The second kappa shape index (κ2) is 5.39. The third-order valence-electron chi connectivity index (χ3n) is 3.78. The Kier molecular flexibility index (Phi) is 3.22. The average Bonchev–Trinajstić information content (AvgIpc) is 3.05. The van der Waals surface area contributed by atoms with Crippen molar-refractivity contribution in [2.24, 2.45) is 0 Å². The zero-order valence-electron chi connectivity index (χ0n) is 12.7. The van der Waals surface area contributed by atoms with Crippen LogP contribution in [0, 0.1) is 6.92 Å². The van der Waals surface area contributed by atoms with Crippen molar-refractivity contribution in [1.29, 1.82) is 0 Å². The van der Waals surface area contributed by atoms with E-state index in [1.54, 1.807) is 23.3 Å². The standard InChI is InChI=1S/C17H16N4O2/c1-11-2-6-14(7-3-11)21-16(12-8-9-23-10-12)19-15(20-21)17(22)18-13-4-5-13/h2-3,6-10,13H,4-5H2,1H3,(H,18,22). The number of aryl methyl sites for hydroxylation is 1. The number of rotatable bonds is 4. The van der Waals surface area contributed by atoms with Crippen molar-refractivity contribution in [2.45, 2.75) is 25.8 Å². The Morgan fingerprint density at radius 3 is 2.70 bits per heavy atom. The quantitative estimate of drug-likeness (QED) is 0.804. The van der Waals surface area contributed by atoms with E-state index in [0.717, 1.165) is 29.7 Å². The van der Waals surface area contributed by atoms with E-state index in [2.05, 4.69) is 15.4 Å². The van der Waals surface area contributed by atoms with Crippen molar-refractivity contribution in [3.63, 3.8) is 0 Å². The van der Waals surface area contributed by atoms with Gasteiger partial charge < -0.3 is 9.73 Å². The Hall–Kier alpha value is -2.89. The molecule has 1 saturated carbocycles. The summed E-state index contributed by atoms with van der Waals surface area (Å²) in [7, 11) is 0. The number of carbonyl (C=O) groups is 1. The molecule has 0 spiro atoms. The Bertz CT molecular complexity index is 830. The minimum Gasteiger partial charge on any atom is -0.472 e. The minimum atomic E-state index is -0.233. The molecule has 6 heteroatoms. The molecule has 1 N–H and O–H groups in total. The van der Waals surface area contributed by atoms with Crippen molar-refractivity contribution in [3.05, 3.63) is 54.2 Å². The summed E-state index contributed by atoms with van der Waals surface area (Å²) < 4.78 is 6.81. The van der Waals surface area contributed by atoms with Crippen molar-refractivity contribution in [2.75, 3.05) is 0 Å². The number of carbonyl (C=O) groups excluding carboxylic acids is 1. The van der Waals surface area contributed by atoms with Gasteiger partial charge in [-0.3, -0.25) is 4.79 Å². The Labute approximate surface area is 133 Å². The van der Waals surface area contributed by atoms with Crippen LogP contribution in [-0.2, 0) is 0 Å². The zero-order chi connectivity index (χ0) is 15.8. The van der Waals surface area contributed by atoms with Crippen molar-refractivity contribution in [3.8, 4) is 17.1 Å². The molecule has 6 nitrogen and oxygen atoms in total. The fraction of sp³-hybridized carbons (Fsp3) is 0.235. The van der Waals surface area contributed by atoms with Crippen LogP contribution in [0.25, 0.3) is 17.1 Å². The van der Waals surface area contributed by atoms with E-state index in [-0.39, 0.29) is 17.8 Å². The maximum absolute atomic E-state index is 12.2. The lowest BCUT2D eigenvalue weighted by atomic mass is 10.2. The lowest BCUT2D eigenvalue weighted by Crippen LogP contribution is -2.26. The second-order valence-corrected chi connectivity index (χ2v) is 5.77. The van der Waals surface area contributed by atoms with Crippen LogP contribution < -0.4 is 5.32 Å². The Morgan fingerprint density at radius 1 is 1.26 bits per heavy atom. The van der Waals surface area contributed by atoms with Gasteiger partial charge in [0.1, 0.15) is 6.26 Å². The normalized spacial score (nSPS) is 14.0. The smallest absolute Gasteiger partial charge is 0.291 e. The number of nitrogens with zero attached hydrogens (tertiary/aromatic N) is 3. The molecule has 1 aliphatic rings. The molecule has 0 aliphatic heterocycles. The molecular formula is C17H16N4O2. The lowest BCUT2D eigenvalue weighted by Gasteiger charge is -2.04. The first-order valence-corrected chi connectivity index (χ1v) is 7.58. The van der Waals surface area contributed by atoms with Gasteiger partial charge >= 0.3 is 0 Å². The second-order valence-electron chi connectivity index (χ2n) is 5.77. The molecular weight excluding hydrogens is 292 g/mol. The molecule has 0 atom stereocenters. The van der Waals surface area contributed by atoms with Crippen LogP contribution in [0.4, 0.5) is 0 Å².